The third kappa shape index (κ3) is 3.68. The molecule has 1 aliphatic carbocycles. The SMILES string of the molecule is O=C(NC1CCc2c(cccc2S(=O)(=O)Cl)C1)C(F)(F)F. The van der Waals surface area contributed by atoms with Crippen LogP contribution in [-0.4, -0.2) is 26.5 Å². The first-order valence-corrected chi connectivity index (χ1v) is 8.33. The molecular weight excluding hydrogens is 331 g/mol. The number of nitrogens with one attached hydrogen (secondary N) is 1. The van der Waals surface area contributed by atoms with Gasteiger partial charge in [-0.05, 0) is 36.5 Å². The zero-order chi connectivity index (χ0) is 15.8. The second kappa shape index (κ2) is 5.49. The molecule has 0 aromatic heterocycles. The summed E-state index contributed by atoms with van der Waals surface area (Å²) in [6.45, 7) is 0. The van der Waals surface area contributed by atoms with Crippen LogP contribution >= 0.6 is 10.7 Å². The largest absolute Gasteiger partial charge is 0.471 e. The molecule has 4 nitrogen and oxygen atoms in total. The predicted molar refractivity (Wildman–Crippen MR) is 69.5 cm³/mol. The molecule has 1 unspecified atom stereocenters. The summed E-state index contributed by atoms with van der Waals surface area (Å²) < 4.78 is 59.5. The molecule has 116 valence electrons. The first kappa shape index (κ1) is 16.1. The van der Waals surface area contributed by atoms with Gasteiger partial charge in [-0.1, -0.05) is 12.1 Å². The van der Waals surface area contributed by atoms with Crippen LogP contribution in [0.25, 0.3) is 0 Å². The van der Waals surface area contributed by atoms with Crippen molar-refractivity contribution in [1.82, 2.24) is 5.32 Å². The van der Waals surface area contributed by atoms with Gasteiger partial charge in [0.25, 0.3) is 9.05 Å². The maximum Gasteiger partial charge on any atom is 0.471 e. The minimum atomic E-state index is -4.93. The number of carbonyl (C=O) groups excluding carboxylic acids is 1. The molecule has 21 heavy (non-hydrogen) atoms. The van der Waals surface area contributed by atoms with E-state index in [4.69, 9.17) is 10.7 Å². The van der Waals surface area contributed by atoms with Gasteiger partial charge in [0, 0.05) is 16.7 Å². The van der Waals surface area contributed by atoms with Crippen LogP contribution in [0.5, 0.6) is 0 Å². The highest BCUT2D eigenvalue weighted by molar-refractivity contribution is 8.13. The molecule has 9 heteroatoms. The van der Waals surface area contributed by atoms with Crippen molar-refractivity contribution in [3.8, 4) is 0 Å². The van der Waals surface area contributed by atoms with E-state index in [0.717, 1.165) is 0 Å². The topological polar surface area (TPSA) is 63.2 Å². The minimum Gasteiger partial charge on any atom is -0.345 e. The van der Waals surface area contributed by atoms with E-state index in [1.165, 1.54) is 12.1 Å². The Kier molecular flexibility index (Phi) is 4.21. The van der Waals surface area contributed by atoms with Crippen LogP contribution < -0.4 is 5.32 Å². The molecule has 0 heterocycles. The van der Waals surface area contributed by atoms with Crippen LogP contribution in [0.3, 0.4) is 0 Å². The van der Waals surface area contributed by atoms with E-state index in [9.17, 15) is 26.4 Å². The lowest BCUT2D eigenvalue weighted by Crippen LogP contribution is -2.45. The van der Waals surface area contributed by atoms with E-state index >= 15 is 0 Å². The zero-order valence-corrected chi connectivity index (χ0v) is 12.1. The van der Waals surface area contributed by atoms with Gasteiger partial charge in [0.1, 0.15) is 0 Å². The summed E-state index contributed by atoms with van der Waals surface area (Å²) in [5.74, 6) is -1.99. The van der Waals surface area contributed by atoms with Crippen LogP contribution in [0.4, 0.5) is 13.2 Å². The number of amides is 1. The number of hydrogen-bond acceptors (Lipinski definition) is 3. The molecule has 1 aromatic carbocycles. The van der Waals surface area contributed by atoms with Gasteiger partial charge in [-0.2, -0.15) is 13.2 Å². The monoisotopic (exact) mass is 341 g/mol. The van der Waals surface area contributed by atoms with E-state index in [-0.39, 0.29) is 24.2 Å². The Bertz CT molecular complexity index is 673. The van der Waals surface area contributed by atoms with Gasteiger partial charge in [-0.3, -0.25) is 4.79 Å². The lowest BCUT2D eigenvalue weighted by Gasteiger charge is -2.26. The van der Waals surface area contributed by atoms with Gasteiger partial charge in [0.05, 0.1) is 4.90 Å². The molecule has 1 N–H and O–H groups in total. The Labute approximate surface area is 123 Å². The Morgan fingerprint density at radius 1 is 1.33 bits per heavy atom. The molecule has 1 atom stereocenters. The Balaban J connectivity index is 2.21. The van der Waals surface area contributed by atoms with Crippen LogP contribution in [0.1, 0.15) is 17.5 Å². The normalized spacial score (nSPS) is 19.0. The van der Waals surface area contributed by atoms with Gasteiger partial charge in [-0.25, -0.2) is 8.42 Å². The third-order valence-electron chi connectivity index (χ3n) is 3.29. The molecule has 0 aliphatic heterocycles. The molecule has 0 spiro atoms. The van der Waals surface area contributed by atoms with Crippen molar-refractivity contribution in [2.75, 3.05) is 0 Å². The number of benzene rings is 1. The third-order valence-corrected chi connectivity index (χ3v) is 4.70. The van der Waals surface area contributed by atoms with Crippen LogP contribution in [0, 0.1) is 0 Å². The predicted octanol–water partition coefficient (Wildman–Crippen LogP) is 2.15. The fourth-order valence-corrected chi connectivity index (χ4v) is 3.59. The molecular formula is C12H11ClF3NO3S. The number of alkyl halides is 3. The first-order chi connectivity index (χ1) is 9.59. The van der Waals surface area contributed by atoms with Crippen LogP contribution in [-0.2, 0) is 26.7 Å². The fourth-order valence-electron chi connectivity index (χ4n) is 2.39. The highest BCUT2D eigenvalue weighted by Crippen LogP contribution is 2.30. The second-order valence-corrected chi connectivity index (χ2v) is 7.28. The average molecular weight is 342 g/mol. The molecule has 1 aliphatic rings. The lowest BCUT2D eigenvalue weighted by atomic mass is 9.88. The van der Waals surface area contributed by atoms with Gasteiger partial charge in [0.2, 0.25) is 0 Å². The van der Waals surface area contributed by atoms with E-state index < -0.39 is 27.2 Å². The smallest absolute Gasteiger partial charge is 0.345 e. The maximum absolute atomic E-state index is 12.2. The average Bonchev–Trinajstić information content (AvgIpc) is 2.35. The quantitative estimate of drug-likeness (QED) is 0.838. The van der Waals surface area contributed by atoms with Crippen molar-refractivity contribution in [1.29, 1.82) is 0 Å². The fraction of sp³-hybridized carbons (Fsp3) is 0.417. The summed E-state index contributed by atoms with van der Waals surface area (Å²) >= 11 is 0. The minimum absolute atomic E-state index is 0.0257. The molecule has 0 bridgehead atoms. The Morgan fingerprint density at radius 2 is 2.00 bits per heavy atom. The van der Waals surface area contributed by atoms with Gasteiger partial charge in [-0.15, -0.1) is 0 Å². The molecule has 1 aromatic rings. The van der Waals surface area contributed by atoms with Crippen molar-refractivity contribution in [3.05, 3.63) is 29.3 Å². The van der Waals surface area contributed by atoms with E-state index in [1.54, 1.807) is 6.07 Å². The first-order valence-electron chi connectivity index (χ1n) is 6.02. The van der Waals surface area contributed by atoms with Gasteiger partial charge in [0.15, 0.2) is 0 Å². The van der Waals surface area contributed by atoms with Crippen LogP contribution in [0.2, 0.25) is 0 Å². The van der Waals surface area contributed by atoms with Crippen molar-refractivity contribution < 1.29 is 26.4 Å². The highest BCUT2D eigenvalue weighted by atomic mass is 35.7. The van der Waals surface area contributed by atoms with Crippen molar-refractivity contribution >= 4 is 25.6 Å². The number of rotatable bonds is 2. The van der Waals surface area contributed by atoms with Crippen molar-refractivity contribution in [3.63, 3.8) is 0 Å². The van der Waals surface area contributed by atoms with E-state index in [0.29, 0.717) is 11.1 Å². The number of hydrogen-bond donors (Lipinski definition) is 1. The number of carbonyl (C=O) groups is 1. The zero-order valence-electron chi connectivity index (χ0n) is 10.6. The summed E-state index contributed by atoms with van der Waals surface area (Å²) in [4.78, 5) is 10.9. The van der Waals surface area contributed by atoms with E-state index in [2.05, 4.69) is 0 Å². The summed E-state index contributed by atoms with van der Waals surface area (Å²) in [7, 11) is 1.43. The maximum atomic E-state index is 12.2. The number of halogens is 4. The molecule has 0 saturated heterocycles. The van der Waals surface area contributed by atoms with Crippen molar-refractivity contribution in [2.45, 2.75) is 36.4 Å². The second-order valence-electron chi connectivity index (χ2n) is 4.74. The molecule has 0 fully saturated rings. The van der Waals surface area contributed by atoms with Crippen LogP contribution in [0.15, 0.2) is 23.1 Å². The standard InChI is InChI=1S/C12H11ClF3NO3S/c13-21(19,20)10-3-1-2-7-6-8(4-5-9(7)10)17-11(18)12(14,15)16/h1-3,8H,4-6H2,(H,17,18). The summed E-state index contributed by atoms with van der Waals surface area (Å²) in [5.41, 5.74) is 1.08. The van der Waals surface area contributed by atoms with E-state index in [1.807, 2.05) is 5.32 Å². The molecule has 0 radical (unpaired) electrons. The summed E-state index contributed by atoms with van der Waals surface area (Å²) in [5, 5.41) is 1.91. The Hall–Kier alpha value is -1.28. The number of fused-ring (bicyclic) bond motifs is 1. The van der Waals surface area contributed by atoms with Gasteiger partial charge >= 0.3 is 12.1 Å². The summed E-state index contributed by atoms with van der Waals surface area (Å²) in [6.07, 6.45) is -4.34. The highest BCUT2D eigenvalue weighted by Gasteiger charge is 2.40. The molecule has 2 rings (SSSR count). The lowest BCUT2D eigenvalue weighted by molar-refractivity contribution is -0.174. The molecule has 1 amide bonds. The molecule has 0 saturated carbocycles. The van der Waals surface area contributed by atoms with Crippen molar-refractivity contribution in [2.24, 2.45) is 0 Å². The Morgan fingerprint density at radius 3 is 2.57 bits per heavy atom. The van der Waals surface area contributed by atoms with Gasteiger partial charge < -0.3 is 5.32 Å². The summed E-state index contributed by atoms with van der Waals surface area (Å²) in [6, 6.07) is 3.77.